The number of carbonyl (C=O) groups is 2. The molecule has 0 aromatic heterocycles. The molecule has 0 spiro atoms. The lowest BCUT2D eigenvalue weighted by Crippen LogP contribution is -2.47. The molecule has 0 atom stereocenters. The van der Waals surface area contributed by atoms with E-state index in [4.69, 9.17) is 0 Å². The average Bonchev–Trinajstić information content (AvgIpc) is 2.69. The van der Waals surface area contributed by atoms with Gasteiger partial charge < -0.3 is 25.5 Å². The molecule has 0 aliphatic carbocycles. The molecule has 3 rings (SSSR count). The maximum Gasteiger partial charge on any atom is 0.227 e. The lowest BCUT2D eigenvalue weighted by molar-refractivity contribution is -0.132. The van der Waals surface area contributed by atoms with Crippen LogP contribution in [-0.4, -0.2) is 72.5 Å². The van der Waals surface area contributed by atoms with Crippen molar-refractivity contribution in [1.82, 2.24) is 15.1 Å². The van der Waals surface area contributed by atoms with Crippen molar-refractivity contribution >= 4 is 29.9 Å². The van der Waals surface area contributed by atoms with Crippen LogP contribution >= 0.6 is 12.4 Å². The number of benzene rings is 1. The molecule has 150 valence electrons. The van der Waals surface area contributed by atoms with Crippen LogP contribution in [0.25, 0.3) is 0 Å². The molecule has 7 nitrogen and oxygen atoms in total. The van der Waals surface area contributed by atoms with Gasteiger partial charge in [-0.2, -0.15) is 0 Å². The summed E-state index contributed by atoms with van der Waals surface area (Å²) in [4.78, 5) is 28.8. The quantitative estimate of drug-likeness (QED) is 0.653. The second-order valence-electron chi connectivity index (χ2n) is 7.03. The van der Waals surface area contributed by atoms with Crippen LogP contribution in [0.4, 0.5) is 5.69 Å². The fourth-order valence-electron chi connectivity index (χ4n) is 3.53. The molecule has 2 aliphatic rings. The minimum Gasteiger partial charge on any atom is -0.508 e. The lowest BCUT2D eigenvalue weighted by Gasteiger charge is -2.32. The molecular formula is C19H29ClN4O3. The Kier molecular flexibility index (Phi) is 8.34. The maximum atomic E-state index is 12.4. The number of rotatable bonds is 5. The summed E-state index contributed by atoms with van der Waals surface area (Å²) < 4.78 is 0. The summed E-state index contributed by atoms with van der Waals surface area (Å²) in [5.74, 6) is 0.460. The first-order valence-corrected chi connectivity index (χ1v) is 9.42. The molecule has 0 unspecified atom stereocenters. The largest absolute Gasteiger partial charge is 0.508 e. The van der Waals surface area contributed by atoms with Crippen LogP contribution in [0.3, 0.4) is 0 Å². The summed E-state index contributed by atoms with van der Waals surface area (Å²) in [6.07, 6.45) is 2.18. The lowest BCUT2D eigenvalue weighted by atomic mass is 9.95. The third kappa shape index (κ3) is 6.37. The van der Waals surface area contributed by atoms with Gasteiger partial charge in [0.15, 0.2) is 0 Å². The zero-order valence-electron chi connectivity index (χ0n) is 15.5. The molecule has 2 amide bonds. The number of phenols is 1. The van der Waals surface area contributed by atoms with E-state index < -0.39 is 0 Å². The molecule has 1 aromatic rings. The maximum absolute atomic E-state index is 12.4. The van der Waals surface area contributed by atoms with Crippen LogP contribution in [0.1, 0.15) is 19.3 Å². The van der Waals surface area contributed by atoms with E-state index in [-0.39, 0.29) is 35.9 Å². The Bertz CT molecular complexity index is 612. The van der Waals surface area contributed by atoms with Gasteiger partial charge in [-0.3, -0.25) is 9.59 Å². The molecule has 0 radical (unpaired) electrons. The van der Waals surface area contributed by atoms with Crippen molar-refractivity contribution in [3.8, 4) is 5.75 Å². The highest BCUT2D eigenvalue weighted by Crippen LogP contribution is 2.21. The predicted octanol–water partition coefficient (Wildman–Crippen LogP) is 1.29. The molecule has 8 heteroatoms. The molecule has 0 bridgehead atoms. The Morgan fingerprint density at radius 1 is 1.07 bits per heavy atom. The molecule has 27 heavy (non-hydrogen) atoms. The minimum absolute atomic E-state index is 0. The van der Waals surface area contributed by atoms with E-state index in [1.807, 2.05) is 4.90 Å². The number of hydrogen-bond donors (Lipinski definition) is 3. The second kappa shape index (κ2) is 10.5. The Balaban J connectivity index is 0.00000261. The standard InChI is InChI=1S/C19H28N4O3.ClH/c24-17-3-1-16(2-4-17)21-19(26)15-5-10-22(11-6-15)12-7-18(25)23-13-8-20-9-14-23;/h1-4,15,20,24H,5-14H2,(H,21,26);1H. The van der Waals surface area contributed by atoms with Crippen molar-refractivity contribution in [3.63, 3.8) is 0 Å². The van der Waals surface area contributed by atoms with E-state index in [1.54, 1.807) is 24.3 Å². The van der Waals surface area contributed by atoms with Gasteiger partial charge in [0.25, 0.3) is 0 Å². The van der Waals surface area contributed by atoms with E-state index in [0.29, 0.717) is 12.1 Å². The van der Waals surface area contributed by atoms with Crippen LogP contribution < -0.4 is 10.6 Å². The SMILES string of the molecule is Cl.O=C(Nc1ccc(O)cc1)C1CCN(CCC(=O)N2CCNCC2)CC1. The van der Waals surface area contributed by atoms with Gasteiger partial charge >= 0.3 is 0 Å². The minimum atomic E-state index is 0. The Labute approximate surface area is 166 Å². The number of aromatic hydroxyl groups is 1. The Hall–Kier alpha value is -1.83. The van der Waals surface area contributed by atoms with Crippen molar-refractivity contribution in [1.29, 1.82) is 0 Å². The van der Waals surface area contributed by atoms with E-state index in [0.717, 1.165) is 58.7 Å². The van der Waals surface area contributed by atoms with Gasteiger partial charge in [0.05, 0.1) is 0 Å². The molecule has 2 saturated heterocycles. The summed E-state index contributed by atoms with van der Waals surface area (Å²) in [6, 6.07) is 6.52. The van der Waals surface area contributed by atoms with Gasteiger partial charge in [-0.15, -0.1) is 12.4 Å². The highest BCUT2D eigenvalue weighted by molar-refractivity contribution is 5.92. The van der Waals surface area contributed by atoms with Gasteiger partial charge in [-0.25, -0.2) is 0 Å². The van der Waals surface area contributed by atoms with Crippen molar-refractivity contribution in [2.45, 2.75) is 19.3 Å². The van der Waals surface area contributed by atoms with Crippen molar-refractivity contribution in [3.05, 3.63) is 24.3 Å². The average molecular weight is 397 g/mol. The zero-order valence-corrected chi connectivity index (χ0v) is 16.3. The first kappa shape index (κ1) is 21.5. The summed E-state index contributed by atoms with van der Waals surface area (Å²) in [7, 11) is 0. The van der Waals surface area contributed by atoms with Gasteiger partial charge in [-0.1, -0.05) is 0 Å². The molecule has 0 saturated carbocycles. The zero-order chi connectivity index (χ0) is 18.4. The fourth-order valence-corrected chi connectivity index (χ4v) is 3.53. The topological polar surface area (TPSA) is 84.9 Å². The first-order valence-electron chi connectivity index (χ1n) is 9.42. The molecule has 1 aromatic carbocycles. The third-order valence-electron chi connectivity index (χ3n) is 5.20. The Morgan fingerprint density at radius 2 is 1.70 bits per heavy atom. The van der Waals surface area contributed by atoms with Crippen molar-refractivity contribution < 1.29 is 14.7 Å². The number of piperazine rings is 1. The molecule has 2 aliphatic heterocycles. The molecule has 3 N–H and O–H groups in total. The smallest absolute Gasteiger partial charge is 0.227 e. The molecule has 2 heterocycles. The number of nitrogens with zero attached hydrogens (tertiary/aromatic N) is 2. The highest BCUT2D eigenvalue weighted by Gasteiger charge is 2.25. The predicted molar refractivity (Wildman–Crippen MR) is 107 cm³/mol. The molecular weight excluding hydrogens is 368 g/mol. The fraction of sp³-hybridized carbons (Fsp3) is 0.579. The summed E-state index contributed by atoms with van der Waals surface area (Å²) in [6.45, 7) is 5.84. The Morgan fingerprint density at radius 3 is 2.33 bits per heavy atom. The van der Waals surface area contributed by atoms with Crippen LogP contribution in [0.15, 0.2) is 24.3 Å². The van der Waals surface area contributed by atoms with Crippen LogP contribution in [0.2, 0.25) is 0 Å². The van der Waals surface area contributed by atoms with E-state index in [1.165, 1.54) is 0 Å². The number of amides is 2. The second-order valence-corrected chi connectivity index (χ2v) is 7.03. The van der Waals surface area contributed by atoms with Gasteiger partial charge in [0.2, 0.25) is 11.8 Å². The summed E-state index contributed by atoms with van der Waals surface area (Å²) >= 11 is 0. The van der Waals surface area contributed by atoms with Gasteiger partial charge in [-0.05, 0) is 50.2 Å². The van der Waals surface area contributed by atoms with Gasteiger partial charge in [0, 0.05) is 50.7 Å². The summed E-state index contributed by atoms with van der Waals surface area (Å²) in [5, 5.41) is 15.5. The molecule has 2 fully saturated rings. The van der Waals surface area contributed by atoms with E-state index in [2.05, 4.69) is 15.5 Å². The number of halogens is 1. The normalized spacial score (nSPS) is 18.6. The van der Waals surface area contributed by atoms with E-state index >= 15 is 0 Å². The van der Waals surface area contributed by atoms with Crippen molar-refractivity contribution in [2.75, 3.05) is 51.1 Å². The number of nitrogens with one attached hydrogen (secondary N) is 2. The number of piperidine rings is 1. The third-order valence-corrected chi connectivity index (χ3v) is 5.20. The number of anilines is 1. The van der Waals surface area contributed by atoms with Crippen LogP contribution in [-0.2, 0) is 9.59 Å². The summed E-state index contributed by atoms with van der Waals surface area (Å²) in [5.41, 5.74) is 0.705. The van der Waals surface area contributed by atoms with Crippen LogP contribution in [0, 0.1) is 5.92 Å². The number of phenolic OH excluding ortho intramolecular Hbond substituents is 1. The number of hydrogen-bond acceptors (Lipinski definition) is 5. The van der Waals surface area contributed by atoms with Gasteiger partial charge in [0.1, 0.15) is 5.75 Å². The van der Waals surface area contributed by atoms with E-state index in [9.17, 15) is 14.7 Å². The number of carbonyl (C=O) groups excluding carboxylic acids is 2. The monoisotopic (exact) mass is 396 g/mol. The number of likely N-dealkylation sites (tertiary alicyclic amines) is 1. The first-order chi connectivity index (χ1) is 12.6. The van der Waals surface area contributed by atoms with Crippen molar-refractivity contribution in [2.24, 2.45) is 5.92 Å². The highest BCUT2D eigenvalue weighted by atomic mass is 35.5. The van der Waals surface area contributed by atoms with Crippen LogP contribution in [0.5, 0.6) is 5.75 Å².